The van der Waals surface area contributed by atoms with E-state index in [9.17, 15) is 4.79 Å². The molecule has 0 heterocycles. The average Bonchev–Trinajstić information content (AvgIpc) is 1.65. The molecule has 0 aliphatic carbocycles. The Morgan fingerprint density at radius 2 is 2.38 bits per heavy atom. The van der Waals surface area contributed by atoms with Gasteiger partial charge >= 0.3 is 5.97 Å². The van der Waals surface area contributed by atoms with E-state index in [4.69, 9.17) is 5.11 Å². The van der Waals surface area contributed by atoms with Crippen molar-refractivity contribution in [2.75, 3.05) is 0 Å². The van der Waals surface area contributed by atoms with Gasteiger partial charge in [-0.05, 0) is 5.92 Å². The summed E-state index contributed by atoms with van der Waals surface area (Å²) in [5.74, 6) is -0.619. The molecule has 1 atom stereocenters. The Kier molecular flexibility index (Phi) is 3.24. The lowest BCUT2D eigenvalue weighted by molar-refractivity contribution is -0.133. The molecule has 0 bridgehead atoms. The number of rotatable bonds is 3. The van der Waals surface area contributed by atoms with Gasteiger partial charge in [-0.2, -0.15) is 0 Å². The number of carbonyl (C=O) groups is 1. The summed E-state index contributed by atoms with van der Waals surface area (Å²) in [5, 5.41) is 8.16. The molecule has 8 heavy (non-hydrogen) atoms. The fourth-order valence-electron chi connectivity index (χ4n) is 0.361. The monoisotopic (exact) mass is 115 g/mol. The normalized spacial score (nSPS) is 13.2. The smallest absolute Gasteiger partial charge is 0.307 e. The van der Waals surface area contributed by atoms with Gasteiger partial charge in [0, 0.05) is 0 Å². The van der Waals surface area contributed by atoms with Gasteiger partial charge in [0.25, 0.3) is 0 Å². The molecule has 0 aromatic heterocycles. The van der Waals surface area contributed by atoms with Crippen LogP contribution in [0, 0.1) is 12.3 Å². The zero-order valence-corrected chi connectivity index (χ0v) is 5.22. The van der Waals surface area contributed by atoms with Gasteiger partial charge in [-0.1, -0.05) is 20.3 Å². The van der Waals surface area contributed by atoms with Crippen LogP contribution in [-0.2, 0) is 4.79 Å². The highest BCUT2D eigenvalue weighted by atomic mass is 16.4. The summed E-state index contributed by atoms with van der Waals surface area (Å²) in [4.78, 5) is 9.91. The minimum Gasteiger partial charge on any atom is -0.481 e. The largest absolute Gasteiger partial charge is 0.481 e. The van der Waals surface area contributed by atoms with Crippen molar-refractivity contribution in [3.63, 3.8) is 0 Å². The van der Waals surface area contributed by atoms with Gasteiger partial charge in [0.1, 0.15) is 0 Å². The van der Waals surface area contributed by atoms with Gasteiger partial charge in [-0.25, -0.2) is 0 Å². The molecule has 0 aromatic rings. The molecular weight excluding hydrogens is 104 g/mol. The SMILES string of the molecule is CCC(C)[CH]C(=O)O. The van der Waals surface area contributed by atoms with Crippen LogP contribution in [0.25, 0.3) is 0 Å². The quantitative estimate of drug-likeness (QED) is 0.602. The van der Waals surface area contributed by atoms with Crippen molar-refractivity contribution >= 4 is 5.97 Å². The molecule has 0 aliphatic rings. The third-order valence-electron chi connectivity index (χ3n) is 1.07. The van der Waals surface area contributed by atoms with E-state index in [0.717, 1.165) is 6.42 Å². The van der Waals surface area contributed by atoms with Crippen LogP contribution in [0.5, 0.6) is 0 Å². The second-order valence-corrected chi connectivity index (χ2v) is 1.89. The molecule has 0 rings (SSSR count). The van der Waals surface area contributed by atoms with Gasteiger partial charge < -0.3 is 5.11 Å². The van der Waals surface area contributed by atoms with Gasteiger partial charge in [-0.15, -0.1) is 0 Å². The van der Waals surface area contributed by atoms with Gasteiger partial charge in [0.05, 0.1) is 6.42 Å². The summed E-state index contributed by atoms with van der Waals surface area (Å²) in [6.45, 7) is 3.85. The van der Waals surface area contributed by atoms with Crippen LogP contribution in [0.2, 0.25) is 0 Å². The predicted octanol–water partition coefficient (Wildman–Crippen LogP) is 1.32. The highest BCUT2D eigenvalue weighted by Gasteiger charge is 2.03. The van der Waals surface area contributed by atoms with E-state index in [1.54, 1.807) is 0 Å². The second kappa shape index (κ2) is 3.47. The number of hydrogen-bond acceptors (Lipinski definition) is 1. The Balaban J connectivity index is 3.24. The topological polar surface area (TPSA) is 37.3 Å². The first-order chi connectivity index (χ1) is 3.66. The lowest BCUT2D eigenvalue weighted by Crippen LogP contribution is -2.03. The first kappa shape index (κ1) is 7.47. The predicted molar refractivity (Wildman–Crippen MR) is 31.4 cm³/mol. The Bertz CT molecular complexity index is 78.6. The van der Waals surface area contributed by atoms with Crippen LogP contribution in [0.15, 0.2) is 0 Å². The van der Waals surface area contributed by atoms with Crippen LogP contribution < -0.4 is 0 Å². The van der Waals surface area contributed by atoms with E-state index in [1.807, 2.05) is 13.8 Å². The van der Waals surface area contributed by atoms with Crippen LogP contribution >= 0.6 is 0 Å². The fourth-order valence-corrected chi connectivity index (χ4v) is 0.361. The third kappa shape index (κ3) is 3.65. The summed E-state index contributed by atoms with van der Waals surface area (Å²) in [6, 6.07) is 0. The van der Waals surface area contributed by atoms with Gasteiger partial charge in [-0.3, -0.25) is 4.79 Å². The molecule has 0 saturated carbocycles. The van der Waals surface area contributed by atoms with Crippen molar-refractivity contribution in [3.05, 3.63) is 6.42 Å². The van der Waals surface area contributed by atoms with Crippen molar-refractivity contribution in [2.45, 2.75) is 20.3 Å². The van der Waals surface area contributed by atoms with Gasteiger partial charge in [0.15, 0.2) is 0 Å². The molecular formula is C6H11O2. The van der Waals surface area contributed by atoms with Crippen LogP contribution in [0.4, 0.5) is 0 Å². The summed E-state index contributed by atoms with van der Waals surface area (Å²) in [6.07, 6.45) is 2.20. The number of carboxylic acid groups (broad SMARTS) is 1. The summed E-state index contributed by atoms with van der Waals surface area (Å²) >= 11 is 0. The van der Waals surface area contributed by atoms with Crippen LogP contribution in [0.1, 0.15) is 20.3 Å². The molecule has 0 saturated heterocycles. The highest BCUT2D eigenvalue weighted by Crippen LogP contribution is 2.03. The Labute approximate surface area is 49.5 Å². The molecule has 1 N–H and O–H groups in total. The molecule has 0 spiro atoms. The van der Waals surface area contributed by atoms with Crippen molar-refractivity contribution < 1.29 is 9.90 Å². The molecule has 0 aromatic carbocycles. The molecule has 0 amide bonds. The van der Waals surface area contributed by atoms with Gasteiger partial charge in [0.2, 0.25) is 0 Å². The van der Waals surface area contributed by atoms with Crippen molar-refractivity contribution in [3.8, 4) is 0 Å². The maximum absolute atomic E-state index is 9.91. The standard InChI is InChI=1S/C6H11O2/c1-3-5(2)4-6(7)8/h4-5H,3H2,1-2H3,(H,7,8). The third-order valence-corrected chi connectivity index (χ3v) is 1.07. The zero-order valence-electron chi connectivity index (χ0n) is 5.22. The molecule has 1 radical (unpaired) electrons. The lowest BCUT2D eigenvalue weighted by Gasteiger charge is -2.00. The van der Waals surface area contributed by atoms with E-state index in [2.05, 4.69) is 0 Å². The van der Waals surface area contributed by atoms with Crippen LogP contribution in [-0.4, -0.2) is 11.1 Å². The zero-order chi connectivity index (χ0) is 6.57. The Hall–Kier alpha value is -0.530. The van der Waals surface area contributed by atoms with E-state index >= 15 is 0 Å². The summed E-state index contributed by atoms with van der Waals surface area (Å²) < 4.78 is 0. The lowest BCUT2D eigenvalue weighted by atomic mass is 10.1. The number of aliphatic carboxylic acids is 1. The first-order valence-electron chi connectivity index (χ1n) is 2.74. The second-order valence-electron chi connectivity index (χ2n) is 1.89. The Morgan fingerprint density at radius 1 is 1.88 bits per heavy atom. The molecule has 1 unspecified atom stereocenters. The van der Waals surface area contributed by atoms with Crippen molar-refractivity contribution in [2.24, 2.45) is 5.92 Å². The van der Waals surface area contributed by atoms with E-state index < -0.39 is 5.97 Å². The average molecular weight is 115 g/mol. The van der Waals surface area contributed by atoms with Crippen molar-refractivity contribution in [1.29, 1.82) is 0 Å². The van der Waals surface area contributed by atoms with E-state index in [-0.39, 0.29) is 5.92 Å². The first-order valence-corrected chi connectivity index (χ1v) is 2.74. The molecule has 0 aliphatic heterocycles. The maximum Gasteiger partial charge on any atom is 0.307 e. The molecule has 47 valence electrons. The van der Waals surface area contributed by atoms with E-state index in [0.29, 0.717) is 0 Å². The number of hydrogen-bond donors (Lipinski definition) is 1. The summed E-state index contributed by atoms with van der Waals surface area (Å²) in [7, 11) is 0. The highest BCUT2D eigenvalue weighted by molar-refractivity contribution is 5.76. The van der Waals surface area contributed by atoms with Crippen molar-refractivity contribution in [1.82, 2.24) is 0 Å². The molecule has 2 nitrogen and oxygen atoms in total. The number of carboxylic acids is 1. The maximum atomic E-state index is 9.91. The van der Waals surface area contributed by atoms with E-state index in [1.165, 1.54) is 6.42 Å². The Morgan fingerprint density at radius 3 is 2.50 bits per heavy atom. The minimum atomic E-state index is -0.820. The minimum absolute atomic E-state index is 0.201. The van der Waals surface area contributed by atoms with Crippen LogP contribution in [0.3, 0.4) is 0 Å². The molecule has 0 fully saturated rings. The summed E-state index contributed by atoms with van der Waals surface area (Å²) in [5.41, 5.74) is 0. The molecule has 2 heteroatoms. The fraction of sp³-hybridized carbons (Fsp3) is 0.667.